The smallest absolute Gasteiger partial charge is 0.267 e. The summed E-state index contributed by atoms with van der Waals surface area (Å²) in [5.41, 5.74) is 5.17. The first-order valence-corrected chi connectivity index (χ1v) is 13.9. The zero-order valence-electron chi connectivity index (χ0n) is 21.9. The van der Waals surface area contributed by atoms with E-state index in [9.17, 15) is 13.2 Å². The summed E-state index contributed by atoms with van der Waals surface area (Å²) >= 11 is 0. The number of hydrogen-bond acceptors (Lipinski definition) is 9. The lowest BCUT2D eigenvalue weighted by atomic mass is 10.00. The molecule has 6 rings (SSSR count). The number of aryl methyl sites for hydroxylation is 3. The van der Waals surface area contributed by atoms with Gasteiger partial charge in [-0.2, -0.15) is 10.1 Å². The molecule has 1 aliphatic heterocycles. The third-order valence-electron chi connectivity index (χ3n) is 6.65. The molecule has 0 unspecified atom stereocenters. The van der Waals surface area contributed by atoms with Crippen LogP contribution in [0.25, 0.3) is 22.3 Å². The summed E-state index contributed by atoms with van der Waals surface area (Å²) < 4.78 is 35.9. The molecule has 14 heteroatoms. The van der Waals surface area contributed by atoms with Crippen molar-refractivity contribution >= 4 is 32.9 Å². The van der Waals surface area contributed by atoms with E-state index in [1.807, 2.05) is 32.0 Å². The van der Waals surface area contributed by atoms with Crippen LogP contribution in [0.2, 0.25) is 0 Å². The minimum absolute atomic E-state index is 0.0181. The van der Waals surface area contributed by atoms with Gasteiger partial charge in [-0.3, -0.25) is 14.6 Å². The van der Waals surface area contributed by atoms with Gasteiger partial charge in [-0.25, -0.2) is 18.1 Å². The Bertz CT molecular complexity index is 1840. The number of rotatable bonds is 7. The van der Waals surface area contributed by atoms with Crippen molar-refractivity contribution in [2.24, 2.45) is 7.05 Å². The molecule has 4 heterocycles. The SMILES string of the molecule is Cc1cccc(C)c1-c1cc(OC2CN(C(=O)c3ccc4[nH]nnc4c3)C2)nc(NS(=O)(=O)c2cnn(C)c2)n1. The maximum absolute atomic E-state index is 13.0. The number of aromatic amines is 1. The fourth-order valence-corrected chi connectivity index (χ4v) is 5.53. The van der Waals surface area contributed by atoms with Gasteiger partial charge in [0.1, 0.15) is 16.5 Å². The molecule has 40 heavy (non-hydrogen) atoms. The van der Waals surface area contributed by atoms with Crippen LogP contribution >= 0.6 is 0 Å². The molecule has 0 saturated carbocycles. The second-order valence-electron chi connectivity index (χ2n) is 9.63. The number of sulfonamides is 1. The van der Waals surface area contributed by atoms with Crippen molar-refractivity contribution in [1.29, 1.82) is 0 Å². The van der Waals surface area contributed by atoms with E-state index in [-0.39, 0.29) is 28.7 Å². The molecule has 0 atom stereocenters. The van der Waals surface area contributed by atoms with Crippen molar-refractivity contribution in [2.45, 2.75) is 24.8 Å². The minimum Gasteiger partial charge on any atom is -0.470 e. The largest absolute Gasteiger partial charge is 0.470 e. The zero-order valence-corrected chi connectivity index (χ0v) is 22.7. The van der Waals surface area contributed by atoms with Gasteiger partial charge < -0.3 is 9.64 Å². The average molecular weight is 560 g/mol. The molecule has 5 aromatic rings. The van der Waals surface area contributed by atoms with Crippen molar-refractivity contribution in [3.05, 3.63) is 71.5 Å². The number of carbonyl (C=O) groups is 1. The summed E-state index contributed by atoms with van der Waals surface area (Å²) in [6.07, 6.45) is 2.30. The van der Waals surface area contributed by atoms with Crippen LogP contribution < -0.4 is 9.46 Å². The minimum atomic E-state index is -3.99. The predicted octanol–water partition coefficient (Wildman–Crippen LogP) is 2.47. The van der Waals surface area contributed by atoms with Gasteiger partial charge in [0.25, 0.3) is 15.9 Å². The van der Waals surface area contributed by atoms with Gasteiger partial charge in [0.15, 0.2) is 0 Å². The van der Waals surface area contributed by atoms with Crippen LogP contribution in [0.5, 0.6) is 5.88 Å². The van der Waals surface area contributed by atoms with Gasteiger partial charge in [-0.05, 0) is 43.2 Å². The lowest BCUT2D eigenvalue weighted by Crippen LogP contribution is -2.56. The van der Waals surface area contributed by atoms with E-state index in [4.69, 9.17) is 4.74 Å². The molecule has 3 aromatic heterocycles. The van der Waals surface area contributed by atoms with Crippen molar-refractivity contribution in [3.8, 4) is 17.1 Å². The molecular weight excluding hydrogens is 534 g/mol. The standard InChI is InChI=1S/C26H25N9O4S/c1-15-5-4-6-16(2)24(15)22-10-23(29-26(28-22)32-40(37,38)19-11-27-34(3)14-19)39-18-12-35(13-18)25(36)17-7-8-20-21(9-17)31-33-30-20/h4-11,14,18H,12-13H2,1-3H3,(H,28,29,32)(H,30,31,33). The average Bonchev–Trinajstić information content (AvgIpc) is 3.54. The van der Waals surface area contributed by atoms with Crippen molar-refractivity contribution in [2.75, 3.05) is 17.8 Å². The third kappa shape index (κ3) is 4.84. The van der Waals surface area contributed by atoms with E-state index in [0.717, 1.165) is 22.2 Å². The van der Waals surface area contributed by atoms with Crippen LogP contribution in [0.1, 0.15) is 21.5 Å². The van der Waals surface area contributed by atoms with Crippen LogP contribution in [0.4, 0.5) is 5.95 Å². The second-order valence-corrected chi connectivity index (χ2v) is 11.3. The van der Waals surface area contributed by atoms with E-state index in [1.54, 1.807) is 36.2 Å². The van der Waals surface area contributed by atoms with E-state index in [1.165, 1.54) is 17.1 Å². The van der Waals surface area contributed by atoms with Crippen molar-refractivity contribution < 1.29 is 17.9 Å². The van der Waals surface area contributed by atoms with Gasteiger partial charge in [-0.1, -0.05) is 23.4 Å². The van der Waals surface area contributed by atoms with Gasteiger partial charge in [0.05, 0.1) is 30.5 Å². The van der Waals surface area contributed by atoms with Gasteiger partial charge in [0.2, 0.25) is 11.8 Å². The molecular formula is C26H25N9O4S. The molecule has 0 bridgehead atoms. The molecule has 1 amide bonds. The summed E-state index contributed by atoms with van der Waals surface area (Å²) in [5, 5.41) is 14.4. The summed E-state index contributed by atoms with van der Waals surface area (Å²) in [7, 11) is -2.36. The second kappa shape index (κ2) is 9.72. The number of aromatic nitrogens is 7. The Morgan fingerprint density at radius 1 is 1.10 bits per heavy atom. The monoisotopic (exact) mass is 559 g/mol. The normalized spacial score (nSPS) is 13.8. The molecule has 2 N–H and O–H groups in total. The number of anilines is 1. The summed E-state index contributed by atoms with van der Waals surface area (Å²) in [4.78, 5) is 23.4. The molecule has 204 valence electrons. The maximum atomic E-state index is 13.0. The van der Waals surface area contributed by atoms with Crippen LogP contribution in [-0.4, -0.2) is 73.6 Å². The van der Waals surface area contributed by atoms with E-state index in [2.05, 4.69) is 35.2 Å². The highest BCUT2D eigenvalue weighted by Gasteiger charge is 2.33. The first-order valence-electron chi connectivity index (χ1n) is 12.4. The highest BCUT2D eigenvalue weighted by atomic mass is 32.2. The maximum Gasteiger partial charge on any atom is 0.267 e. The molecule has 1 fully saturated rings. The highest BCUT2D eigenvalue weighted by molar-refractivity contribution is 7.92. The number of H-pyrrole nitrogens is 1. The third-order valence-corrected chi connectivity index (χ3v) is 7.94. The molecule has 1 aliphatic rings. The van der Waals surface area contributed by atoms with Gasteiger partial charge in [0, 0.05) is 30.4 Å². The van der Waals surface area contributed by atoms with E-state index >= 15 is 0 Å². The van der Waals surface area contributed by atoms with Gasteiger partial charge >= 0.3 is 0 Å². The molecule has 0 spiro atoms. The Hall–Kier alpha value is -4.85. The Balaban J connectivity index is 1.24. The quantitative estimate of drug-likeness (QED) is 0.305. The zero-order chi connectivity index (χ0) is 28.0. The number of nitrogens with zero attached hydrogens (tertiary/aromatic N) is 7. The number of nitrogens with one attached hydrogen (secondary N) is 2. The number of carbonyl (C=O) groups excluding carboxylic acids is 1. The molecule has 0 aliphatic carbocycles. The summed E-state index contributed by atoms with van der Waals surface area (Å²) in [6.45, 7) is 4.59. The topological polar surface area (TPSA) is 161 Å². The molecule has 1 saturated heterocycles. The fourth-order valence-electron chi connectivity index (χ4n) is 4.60. The van der Waals surface area contributed by atoms with E-state index in [0.29, 0.717) is 29.9 Å². The fraction of sp³-hybridized carbons (Fsp3) is 0.231. The Kier molecular flexibility index (Phi) is 6.18. The van der Waals surface area contributed by atoms with Crippen LogP contribution in [0.15, 0.2) is 59.8 Å². The first-order chi connectivity index (χ1) is 19.2. The number of likely N-dealkylation sites (tertiary alicyclic amines) is 1. The molecule has 13 nitrogen and oxygen atoms in total. The lowest BCUT2D eigenvalue weighted by molar-refractivity contribution is 0.0160. The first kappa shape index (κ1) is 25.4. The Morgan fingerprint density at radius 2 is 1.88 bits per heavy atom. The number of benzene rings is 2. The molecule has 2 aromatic carbocycles. The van der Waals surface area contributed by atoms with Crippen LogP contribution in [0.3, 0.4) is 0 Å². The Morgan fingerprint density at radius 3 is 2.60 bits per heavy atom. The van der Waals surface area contributed by atoms with E-state index < -0.39 is 10.0 Å². The highest BCUT2D eigenvalue weighted by Crippen LogP contribution is 2.30. The number of hydrogen-bond donors (Lipinski definition) is 2. The number of fused-ring (bicyclic) bond motifs is 1. The van der Waals surface area contributed by atoms with Crippen LogP contribution in [-0.2, 0) is 17.1 Å². The summed E-state index contributed by atoms with van der Waals surface area (Å²) in [5.74, 6) is -0.0848. The number of amides is 1. The lowest BCUT2D eigenvalue weighted by Gasteiger charge is -2.38. The Labute approximate surface area is 229 Å². The van der Waals surface area contributed by atoms with Crippen molar-refractivity contribution in [1.82, 2.24) is 40.1 Å². The number of ether oxygens (including phenoxy) is 1. The predicted molar refractivity (Wildman–Crippen MR) is 145 cm³/mol. The van der Waals surface area contributed by atoms with Crippen LogP contribution in [0, 0.1) is 13.8 Å². The van der Waals surface area contributed by atoms with Gasteiger partial charge in [-0.15, -0.1) is 5.10 Å². The summed E-state index contributed by atoms with van der Waals surface area (Å²) in [6, 6.07) is 12.7. The van der Waals surface area contributed by atoms with Crippen molar-refractivity contribution in [3.63, 3.8) is 0 Å². The molecule has 0 radical (unpaired) electrons.